The maximum Gasteiger partial charge on any atom is 0.326 e. The number of esters is 1. The zero-order valence-electron chi connectivity index (χ0n) is 14.6. The number of likely N-dealkylation sites (tertiary alicyclic amines) is 1. The van der Waals surface area contributed by atoms with E-state index in [4.69, 9.17) is 4.74 Å². The van der Waals surface area contributed by atoms with Crippen molar-refractivity contribution >= 4 is 23.5 Å². The van der Waals surface area contributed by atoms with E-state index in [1.165, 1.54) is 4.90 Å². The summed E-state index contributed by atoms with van der Waals surface area (Å²) in [7, 11) is 0. The molecule has 6 heteroatoms. The summed E-state index contributed by atoms with van der Waals surface area (Å²) >= 11 is 0. The molecule has 0 radical (unpaired) electrons. The highest BCUT2D eigenvalue weighted by Crippen LogP contribution is 2.31. The van der Waals surface area contributed by atoms with Gasteiger partial charge in [0.05, 0.1) is 0 Å². The van der Waals surface area contributed by atoms with Gasteiger partial charge in [-0.2, -0.15) is 0 Å². The molecule has 134 valence electrons. The van der Waals surface area contributed by atoms with Crippen LogP contribution < -0.4 is 4.90 Å². The Morgan fingerprint density at radius 3 is 2.84 bits per heavy atom. The number of rotatable bonds is 4. The van der Waals surface area contributed by atoms with Gasteiger partial charge in [-0.25, -0.2) is 0 Å². The summed E-state index contributed by atoms with van der Waals surface area (Å²) in [6.07, 6.45) is 4.06. The Bertz CT molecular complexity index is 673. The summed E-state index contributed by atoms with van der Waals surface area (Å²) in [5.41, 5.74) is 2.02. The summed E-state index contributed by atoms with van der Waals surface area (Å²) in [6, 6.07) is 7.83. The van der Waals surface area contributed by atoms with E-state index in [0.717, 1.165) is 36.9 Å². The van der Waals surface area contributed by atoms with Crippen LogP contribution in [0.3, 0.4) is 0 Å². The van der Waals surface area contributed by atoms with Crippen LogP contribution in [-0.2, 0) is 25.5 Å². The fourth-order valence-electron chi connectivity index (χ4n) is 3.56. The molecule has 1 atom stereocenters. The van der Waals surface area contributed by atoms with Crippen molar-refractivity contribution in [2.24, 2.45) is 0 Å². The Hall–Kier alpha value is -2.37. The molecular formula is C19H24N2O4. The van der Waals surface area contributed by atoms with Gasteiger partial charge in [0.1, 0.15) is 6.54 Å². The number of amides is 2. The van der Waals surface area contributed by atoms with E-state index in [9.17, 15) is 14.4 Å². The van der Waals surface area contributed by atoms with Gasteiger partial charge < -0.3 is 14.5 Å². The second kappa shape index (κ2) is 7.68. The summed E-state index contributed by atoms with van der Waals surface area (Å²) in [4.78, 5) is 39.7. The summed E-state index contributed by atoms with van der Waals surface area (Å²) < 4.78 is 5.15. The first-order valence-corrected chi connectivity index (χ1v) is 8.89. The van der Waals surface area contributed by atoms with Crippen molar-refractivity contribution < 1.29 is 19.1 Å². The molecule has 0 aromatic heterocycles. The molecule has 0 unspecified atom stereocenters. The Balaban J connectivity index is 1.54. The lowest BCUT2D eigenvalue weighted by molar-refractivity contribution is -0.151. The van der Waals surface area contributed by atoms with E-state index in [2.05, 4.69) is 0 Å². The molecular weight excluding hydrogens is 320 g/mol. The maximum absolute atomic E-state index is 12.5. The van der Waals surface area contributed by atoms with Crippen LogP contribution in [-0.4, -0.2) is 48.4 Å². The smallest absolute Gasteiger partial charge is 0.326 e. The van der Waals surface area contributed by atoms with Crippen molar-refractivity contribution in [1.82, 2.24) is 4.90 Å². The minimum Gasteiger partial charge on any atom is -0.454 e. The second-order valence-corrected chi connectivity index (χ2v) is 6.73. The molecule has 2 amide bonds. The van der Waals surface area contributed by atoms with E-state index < -0.39 is 5.97 Å². The molecule has 2 aliphatic rings. The topological polar surface area (TPSA) is 66.9 Å². The molecule has 1 fully saturated rings. The highest BCUT2D eigenvalue weighted by Gasteiger charge is 2.31. The molecule has 6 nitrogen and oxygen atoms in total. The summed E-state index contributed by atoms with van der Waals surface area (Å²) in [6.45, 7) is 2.20. The van der Waals surface area contributed by atoms with Gasteiger partial charge in [-0.1, -0.05) is 24.6 Å². The number of hydrogen-bond donors (Lipinski definition) is 0. The normalized spacial score (nSPS) is 20.2. The number of para-hydroxylation sites is 1. The van der Waals surface area contributed by atoms with Crippen molar-refractivity contribution in [3.8, 4) is 0 Å². The van der Waals surface area contributed by atoms with Crippen molar-refractivity contribution in [2.75, 3.05) is 24.6 Å². The predicted molar refractivity (Wildman–Crippen MR) is 93.1 cm³/mol. The van der Waals surface area contributed by atoms with Crippen LogP contribution >= 0.6 is 0 Å². The number of anilines is 1. The van der Waals surface area contributed by atoms with E-state index in [-0.39, 0.29) is 31.0 Å². The van der Waals surface area contributed by atoms with E-state index in [1.54, 1.807) is 4.90 Å². The van der Waals surface area contributed by atoms with Crippen LogP contribution in [0, 0.1) is 0 Å². The van der Waals surface area contributed by atoms with Crippen molar-refractivity contribution in [3.63, 3.8) is 0 Å². The quantitative estimate of drug-likeness (QED) is 0.783. The summed E-state index contributed by atoms with van der Waals surface area (Å²) in [5.74, 6) is -0.764. The van der Waals surface area contributed by atoms with Gasteiger partial charge in [-0.05, 0) is 37.8 Å². The minimum atomic E-state index is -0.524. The zero-order chi connectivity index (χ0) is 17.8. The van der Waals surface area contributed by atoms with Crippen LogP contribution in [0.1, 0.15) is 38.2 Å². The average molecular weight is 344 g/mol. The SMILES string of the molecule is C[C@H]1Cc2ccccc2N1C(=O)COC(=O)CN1CCCCCC1=O. The zero-order valence-corrected chi connectivity index (χ0v) is 14.6. The molecule has 0 saturated carbocycles. The van der Waals surface area contributed by atoms with Crippen LogP contribution in [0.25, 0.3) is 0 Å². The summed E-state index contributed by atoms with van der Waals surface area (Å²) in [5, 5.41) is 0. The van der Waals surface area contributed by atoms with E-state index in [0.29, 0.717) is 13.0 Å². The number of benzene rings is 1. The highest BCUT2D eigenvalue weighted by atomic mass is 16.5. The third kappa shape index (κ3) is 4.00. The molecule has 0 aliphatic carbocycles. The van der Waals surface area contributed by atoms with Gasteiger partial charge in [-0.3, -0.25) is 14.4 Å². The molecule has 1 saturated heterocycles. The largest absolute Gasteiger partial charge is 0.454 e. The lowest BCUT2D eigenvalue weighted by Crippen LogP contribution is -2.40. The number of hydrogen-bond acceptors (Lipinski definition) is 4. The average Bonchev–Trinajstić information content (AvgIpc) is 2.80. The van der Waals surface area contributed by atoms with Gasteiger partial charge >= 0.3 is 5.97 Å². The molecule has 0 bridgehead atoms. The van der Waals surface area contributed by atoms with Gasteiger partial charge in [-0.15, -0.1) is 0 Å². The molecule has 25 heavy (non-hydrogen) atoms. The van der Waals surface area contributed by atoms with Crippen LogP contribution in [0.2, 0.25) is 0 Å². The van der Waals surface area contributed by atoms with E-state index >= 15 is 0 Å². The third-order valence-corrected chi connectivity index (χ3v) is 4.82. The standard InChI is InChI=1S/C19H24N2O4/c1-14-11-15-7-4-5-8-16(15)21(14)18(23)13-25-19(24)12-20-10-6-2-3-9-17(20)22/h4-5,7-8,14H,2-3,6,9-13H2,1H3/t14-/m0/s1. The monoisotopic (exact) mass is 344 g/mol. The molecule has 2 aliphatic heterocycles. The molecule has 0 N–H and O–H groups in total. The van der Waals surface area contributed by atoms with Gasteiger partial charge in [0, 0.05) is 24.7 Å². The van der Waals surface area contributed by atoms with Crippen molar-refractivity contribution in [1.29, 1.82) is 0 Å². The number of ether oxygens (including phenoxy) is 1. The van der Waals surface area contributed by atoms with Crippen molar-refractivity contribution in [3.05, 3.63) is 29.8 Å². The predicted octanol–water partition coefficient (Wildman–Crippen LogP) is 1.91. The first-order chi connectivity index (χ1) is 12.1. The van der Waals surface area contributed by atoms with Crippen molar-refractivity contribution in [2.45, 2.75) is 45.1 Å². The van der Waals surface area contributed by atoms with Crippen LogP contribution in [0.15, 0.2) is 24.3 Å². The number of nitrogens with zero attached hydrogens (tertiary/aromatic N) is 2. The highest BCUT2D eigenvalue weighted by molar-refractivity contribution is 5.98. The second-order valence-electron chi connectivity index (χ2n) is 6.73. The molecule has 3 rings (SSSR count). The lowest BCUT2D eigenvalue weighted by atomic mass is 10.1. The van der Waals surface area contributed by atoms with Gasteiger partial charge in [0.15, 0.2) is 6.61 Å². The Kier molecular flexibility index (Phi) is 5.36. The lowest BCUT2D eigenvalue weighted by Gasteiger charge is -2.23. The van der Waals surface area contributed by atoms with Gasteiger partial charge in [0.2, 0.25) is 5.91 Å². The number of fused-ring (bicyclic) bond motifs is 1. The van der Waals surface area contributed by atoms with Crippen LogP contribution in [0.4, 0.5) is 5.69 Å². The third-order valence-electron chi connectivity index (χ3n) is 4.82. The van der Waals surface area contributed by atoms with E-state index in [1.807, 2.05) is 31.2 Å². The van der Waals surface area contributed by atoms with Gasteiger partial charge in [0.25, 0.3) is 5.91 Å². The Labute approximate surface area is 147 Å². The number of carbonyl (C=O) groups is 3. The fraction of sp³-hybridized carbons (Fsp3) is 0.526. The Morgan fingerprint density at radius 2 is 2.00 bits per heavy atom. The maximum atomic E-state index is 12.5. The first-order valence-electron chi connectivity index (χ1n) is 8.89. The fourth-order valence-corrected chi connectivity index (χ4v) is 3.56. The minimum absolute atomic E-state index is 0.0112. The molecule has 0 spiro atoms. The molecule has 1 aromatic rings. The molecule has 2 heterocycles. The number of carbonyl (C=O) groups excluding carboxylic acids is 3. The first kappa shape index (κ1) is 17.5. The Morgan fingerprint density at radius 1 is 1.20 bits per heavy atom. The van der Waals surface area contributed by atoms with Crippen LogP contribution in [0.5, 0.6) is 0 Å². The molecule has 1 aromatic carbocycles.